The summed E-state index contributed by atoms with van der Waals surface area (Å²) < 4.78 is 9.13. The number of nitrogens with zero attached hydrogens (tertiary/aromatic N) is 1. The van der Waals surface area contributed by atoms with Gasteiger partial charge in [-0.1, -0.05) is 30.3 Å². The van der Waals surface area contributed by atoms with Crippen LogP contribution in [0.5, 0.6) is 5.75 Å². The van der Waals surface area contributed by atoms with Crippen LogP contribution in [0.1, 0.15) is 51.1 Å². The van der Waals surface area contributed by atoms with Gasteiger partial charge in [-0.3, -0.25) is 0 Å². The SMILES string of the molecule is C1=CC2c3cc4c(cc3OC2c2c1n(-c1ccccc1)c1cc3c(cc21)CC3)CC4. The molecule has 0 saturated carbocycles. The molecule has 0 fully saturated rings. The third kappa shape index (κ3) is 1.81. The lowest BCUT2D eigenvalue weighted by Gasteiger charge is -2.23. The zero-order valence-corrected chi connectivity index (χ0v) is 16.7. The zero-order chi connectivity index (χ0) is 19.4. The summed E-state index contributed by atoms with van der Waals surface area (Å²) in [5.41, 5.74) is 12.6. The minimum atomic E-state index is 0.0757. The first-order valence-electron chi connectivity index (χ1n) is 11.1. The standard InChI is InChI=1S/C28H21NO/c1-2-4-20(5-3-1)29-24-11-10-21-22-12-16-7-9-19(16)15-26(22)30-28(21)27(24)23-13-17-6-8-18(17)14-25(23)29/h1-5,10-15,21,28H,6-9H2. The topological polar surface area (TPSA) is 14.2 Å². The molecule has 2 atom stereocenters. The van der Waals surface area contributed by atoms with Crippen LogP contribution in [-0.2, 0) is 25.7 Å². The van der Waals surface area contributed by atoms with Crippen LogP contribution >= 0.6 is 0 Å². The van der Waals surface area contributed by atoms with Crippen molar-refractivity contribution in [2.45, 2.75) is 37.7 Å². The van der Waals surface area contributed by atoms with Gasteiger partial charge in [0.2, 0.25) is 0 Å². The van der Waals surface area contributed by atoms with Gasteiger partial charge in [0.15, 0.2) is 0 Å². The molecule has 0 radical (unpaired) electrons. The predicted octanol–water partition coefficient (Wildman–Crippen LogP) is 6.07. The Morgan fingerprint density at radius 3 is 2.33 bits per heavy atom. The van der Waals surface area contributed by atoms with Crippen LogP contribution in [0.15, 0.2) is 60.7 Å². The summed E-state index contributed by atoms with van der Waals surface area (Å²) in [6, 6.07) is 20.4. The van der Waals surface area contributed by atoms with Crippen LogP contribution in [0.25, 0.3) is 22.7 Å². The largest absolute Gasteiger partial charge is 0.484 e. The summed E-state index contributed by atoms with van der Waals surface area (Å²) in [6.07, 6.45) is 9.62. The van der Waals surface area contributed by atoms with Crippen molar-refractivity contribution in [3.05, 3.63) is 99.7 Å². The molecule has 2 heteroatoms. The summed E-state index contributed by atoms with van der Waals surface area (Å²) in [4.78, 5) is 0. The van der Waals surface area contributed by atoms with Crippen molar-refractivity contribution in [1.82, 2.24) is 4.57 Å². The van der Waals surface area contributed by atoms with E-state index in [4.69, 9.17) is 4.74 Å². The summed E-state index contributed by atoms with van der Waals surface area (Å²) in [5.74, 6) is 1.42. The first-order chi connectivity index (χ1) is 14.8. The molecule has 2 unspecified atom stereocenters. The van der Waals surface area contributed by atoms with Gasteiger partial charge in [0.25, 0.3) is 0 Å². The summed E-state index contributed by atoms with van der Waals surface area (Å²) in [5, 5.41) is 1.37. The smallest absolute Gasteiger partial charge is 0.137 e. The van der Waals surface area contributed by atoms with Gasteiger partial charge in [-0.25, -0.2) is 0 Å². The molecule has 0 spiro atoms. The summed E-state index contributed by atoms with van der Waals surface area (Å²) in [7, 11) is 0. The average Bonchev–Trinajstić information content (AvgIpc) is 3.26. The highest BCUT2D eigenvalue weighted by Crippen LogP contribution is 2.54. The minimum absolute atomic E-state index is 0.0757. The molecule has 0 amide bonds. The minimum Gasteiger partial charge on any atom is -0.484 e. The second kappa shape index (κ2) is 5.26. The highest BCUT2D eigenvalue weighted by molar-refractivity contribution is 5.93. The van der Waals surface area contributed by atoms with Crippen LogP contribution in [-0.4, -0.2) is 4.57 Å². The van der Waals surface area contributed by atoms with E-state index in [-0.39, 0.29) is 6.10 Å². The Balaban J connectivity index is 1.41. The molecule has 3 aliphatic carbocycles. The van der Waals surface area contributed by atoms with Gasteiger partial charge >= 0.3 is 0 Å². The second-order valence-corrected chi connectivity index (χ2v) is 9.19. The molecule has 4 aromatic rings. The Labute approximate surface area is 175 Å². The van der Waals surface area contributed by atoms with Crippen molar-refractivity contribution in [2.75, 3.05) is 0 Å². The fraction of sp³-hybridized carbons (Fsp3) is 0.214. The number of hydrogen-bond donors (Lipinski definition) is 0. The number of fused-ring (bicyclic) bond motifs is 9. The van der Waals surface area contributed by atoms with E-state index in [0.29, 0.717) is 5.92 Å². The average molecular weight is 387 g/mol. The van der Waals surface area contributed by atoms with Gasteiger partial charge in [-0.2, -0.15) is 0 Å². The van der Waals surface area contributed by atoms with Crippen molar-refractivity contribution in [1.29, 1.82) is 0 Å². The summed E-state index contributed by atoms with van der Waals surface area (Å²) in [6.45, 7) is 0. The Kier molecular flexibility index (Phi) is 2.73. The van der Waals surface area contributed by atoms with Crippen LogP contribution in [0.4, 0.5) is 0 Å². The van der Waals surface area contributed by atoms with E-state index in [1.807, 2.05) is 0 Å². The molecule has 0 saturated heterocycles. The number of rotatable bonds is 1. The maximum absolute atomic E-state index is 6.69. The Hall–Kier alpha value is -3.26. The molecule has 1 aromatic heterocycles. The molecule has 2 nitrogen and oxygen atoms in total. The number of aromatic nitrogens is 1. The van der Waals surface area contributed by atoms with E-state index in [1.165, 1.54) is 81.3 Å². The molecule has 0 N–H and O–H groups in total. The van der Waals surface area contributed by atoms with E-state index in [1.54, 1.807) is 0 Å². The Morgan fingerprint density at radius 1 is 0.800 bits per heavy atom. The van der Waals surface area contributed by atoms with Gasteiger partial charge in [0.1, 0.15) is 11.9 Å². The molecule has 144 valence electrons. The van der Waals surface area contributed by atoms with Gasteiger partial charge in [-0.05, 0) is 84.3 Å². The normalized spacial score (nSPS) is 21.6. The highest BCUT2D eigenvalue weighted by atomic mass is 16.5. The number of hydrogen-bond acceptors (Lipinski definition) is 1. The van der Waals surface area contributed by atoms with Gasteiger partial charge in [-0.15, -0.1) is 0 Å². The summed E-state index contributed by atoms with van der Waals surface area (Å²) >= 11 is 0. The van der Waals surface area contributed by atoms with Crippen molar-refractivity contribution in [3.63, 3.8) is 0 Å². The molecule has 0 bridgehead atoms. The molecule has 3 aromatic carbocycles. The van der Waals surface area contributed by atoms with E-state index >= 15 is 0 Å². The second-order valence-electron chi connectivity index (χ2n) is 9.19. The van der Waals surface area contributed by atoms with Crippen LogP contribution in [0, 0.1) is 0 Å². The van der Waals surface area contributed by atoms with Crippen molar-refractivity contribution in [3.8, 4) is 11.4 Å². The molecule has 8 rings (SSSR count). The van der Waals surface area contributed by atoms with E-state index in [2.05, 4.69) is 71.3 Å². The van der Waals surface area contributed by atoms with Crippen LogP contribution in [0.3, 0.4) is 0 Å². The fourth-order valence-corrected chi connectivity index (χ4v) is 5.96. The Bertz CT molecular complexity index is 1420. The number of ether oxygens (including phenoxy) is 1. The molecule has 1 aliphatic heterocycles. The molecular formula is C28H21NO. The number of aryl methyl sites for hydroxylation is 4. The van der Waals surface area contributed by atoms with E-state index < -0.39 is 0 Å². The maximum atomic E-state index is 6.69. The van der Waals surface area contributed by atoms with Gasteiger partial charge < -0.3 is 9.30 Å². The molecule has 4 aliphatic rings. The van der Waals surface area contributed by atoms with Crippen molar-refractivity contribution in [2.24, 2.45) is 0 Å². The maximum Gasteiger partial charge on any atom is 0.137 e. The lowest BCUT2D eigenvalue weighted by atomic mass is 9.80. The first kappa shape index (κ1) is 15.6. The van der Waals surface area contributed by atoms with E-state index in [9.17, 15) is 0 Å². The van der Waals surface area contributed by atoms with Gasteiger partial charge in [0.05, 0.1) is 11.2 Å². The van der Waals surface area contributed by atoms with Crippen LogP contribution in [0.2, 0.25) is 0 Å². The molecule has 2 heterocycles. The molecule has 30 heavy (non-hydrogen) atoms. The fourth-order valence-electron chi connectivity index (χ4n) is 5.96. The predicted molar refractivity (Wildman–Crippen MR) is 120 cm³/mol. The van der Waals surface area contributed by atoms with Crippen molar-refractivity contribution < 1.29 is 4.74 Å². The monoisotopic (exact) mass is 387 g/mol. The van der Waals surface area contributed by atoms with Crippen LogP contribution < -0.4 is 4.74 Å². The van der Waals surface area contributed by atoms with E-state index in [0.717, 1.165) is 5.75 Å². The number of benzene rings is 3. The number of para-hydroxylation sites is 1. The lowest BCUT2D eigenvalue weighted by molar-refractivity contribution is 0.224. The highest BCUT2D eigenvalue weighted by Gasteiger charge is 2.41. The Morgan fingerprint density at radius 2 is 1.53 bits per heavy atom. The quantitative estimate of drug-likeness (QED) is 0.386. The third-order valence-electron chi connectivity index (χ3n) is 7.72. The molecular weight excluding hydrogens is 366 g/mol. The van der Waals surface area contributed by atoms with Gasteiger partial charge in [0, 0.05) is 28.1 Å². The third-order valence-corrected chi connectivity index (χ3v) is 7.72. The first-order valence-corrected chi connectivity index (χ1v) is 11.1. The zero-order valence-electron chi connectivity index (χ0n) is 16.7. The lowest BCUT2D eigenvalue weighted by Crippen LogP contribution is -2.13. The van der Waals surface area contributed by atoms with Crippen molar-refractivity contribution >= 4 is 17.0 Å².